The van der Waals surface area contributed by atoms with Crippen LogP contribution in [-0.4, -0.2) is 0 Å². The van der Waals surface area contributed by atoms with E-state index in [-0.39, 0.29) is 137 Å². The van der Waals surface area contributed by atoms with Gasteiger partial charge in [0, 0.05) is 32.3 Å². The molecule has 3 nitrogen and oxygen atoms in total. The molecule has 0 radical (unpaired) electrons. The largest absolute Gasteiger partial charge is 0.456 e. The van der Waals surface area contributed by atoms with Crippen LogP contribution < -0.4 is 0 Å². The minimum atomic E-state index is -0.436. The second-order valence-electron chi connectivity index (χ2n) is 34.7. The van der Waals surface area contributed by atoms with Crippen molar-refractivity contribution in [2.75, 3.05) is 0 Å². The average Bonchev–Trinajstić information content (AvgIpc) is 1.55. The Bertz CT molecular complexity index is 11400. The molecular formula is C136H84O3. The zero-order chi connectivity index (χ0) is 112. The third-order valence-corrected chi connectivity index (χ3v) is 27.1. The summed E-state index contributed by atoms with van der Waals surface area (Å²) >= 11 is 0. The molecule has 0 bridgehead atoms. The molecule has 3 heterocycles. The van der Waals surface area contributed by atoms with Gasteiger partial charge in [-0.15, -0.1) is 0 Å². The van der Waals surface area contributed by atoms with Crippen molar-refractivity contribution in [3.05, 3.63) is 509 Å². The Morgan fingerprint density at radius 2 is 0.417 bits per heavy atom. The molecule has 0 aliphatic rings. The molecule has 29 rings (SSSR count). The topological polar surface area (TPSA) is 39.4 Å². The van der Waals surface area contributed by atoms with Crippen LogP contribution in [0.4, 0.5) is 0 Å². The van der Waals surface area contributed by atoms with Gasteiger partial charge in [-0.3, -0.25) is 0 Å². The molecule has 3 aromatic heterocycles. The van der Waals surface area contributed by atoms with Gasteiger partial charge in [0.15, 0.2) is 0 Å². The summed E-state index contributed by atoms with van der Waals surface area (Å²) < 4.78 is 237. The Hall–Kier alpha value is -18.3. The van der Waals surface area contributed by atoms with Gasteiger partial charge >= 0.3 is 0 Å². The van der Waals surface area contributed by atoms with Crippen molar-refractivity contribution in [3.8, 4) is 111 Å². The Morgan fingerprint density at radius 3 is 0.871 bits per heavy atom. The van der Waals surface area contributed by atoms with Crippen LogP contribution in [0.1, 0.15) is 32.9 Å². The van der Waals surface area contributed by atoms with Crippen molar-refractivity contribution in [2.24, 2.45) is 0 Å². The highest BCUT2D eigenvalue weighted by molar-refractivity contribution is 6.28. The Kier molecular flexibility index (Phi) is 14.3. The van der Waals surface area contributed by atoms with Gasteiger partial charge in [-0.2, -0.15) is 0 Å². The van der Waals surface area contributed by atoms with E-state index in [4.69, 9.17) is 29.7 Å². The minimum absolute atomic E-state index is 0.170. The normalized spacial score (nSPS) is 14.2. The van der Waals surface area contributed by atoms with E-state index in [1.165, 1.54) is 0 Å². The van der Waals surface area contributed by atoms with E-state index in [1.54, 1.807) is 36.4 Å². The maximum absolute atomic E-state index is 9.45. The number of benzene rings is 26. The van der Waals surface area contributed by atoms with Crippen LogP contribution in [0, 0.1) is 0 Å². The van der Waals surface area contributed by atoms with E-state index in [9.17, 15) is 16.4 Å². The second kappa shape index (κ2) is 33.4. The maximum Gasteiger partial charge on any atom is 0.135 e. The van der Waals surface area contributed by atoms with E-state index < -0.39 is 72.5 Å². The molecule has 0 N–H and O–H groups in total. The van der Waals surface area contributed by atoms with Gasteiger partial charge in [-0.25, -0.2) is 0 Å². The first-order chi connectivity index (χ1) is 78.9. The molecule has 0 unspecified atom stereocenters. The highest BCUT2D eigenvalue weighted by Gasteiger charge is 2.26. The highest BCUT2D eigenvalue weighted by atomic mass is 16.3. The molecule has 0 spiro atoms. The number of furan rings is 3. The van der Waals surface area contributed by atoms with Gasteiger partial charge < -0.3 is 13.3 Å². The smallest absolute Gasteiger partial charge is 0.135 e. The van der Waals surface area contributed by atoms with E-state index in [0.29, 0.717) is 100 Å². The summed E-state index contributed by atoms with van der Waals surface area (Å²) in [6, 6.07) is 109. The fourth-order valence-electron chi connectivity index (χ4n) is 20.9. The lowest BCUT2D eigenvalue weighted by Crippen LogP contribution is -1.92. The van der Waals surface area contributed by atoms with Crippen molar-refractivity contribution in [3.63, 3.8) is 0 Å². The Morgan fingerprint density at radius 1 is 0.129 bits per heavy atom. The second-order valence-corrected chi connectivity index (χ2v) is 34.7. The molecule has 29 aromatic rings. The van der Waals surface area contributed by atoms with E-state index >= 15 is 0 Å². The van der Waals surface area contributed by atoms with Gasteiger partial charge in [0.2, 0.25) is 0 Å². The molecule has 0 amide bonds. The predicted octanol–water partition coefficient (Wildman–Crippen LogP) is 39.0. The zero-order valence-corrected chi connectivity index (χ0v) is 73.9. The predicted molar refractivity (Wildman–Crippen MR) is 591 cm³/mol. The van der Waals surface area contributed by atoms with Crippen molar-refractivity contribution in [1.29, 1.82) is 0 Å². The van der Waals surface area contributed by atoms with Gasteiger partial charge in [0.25, 0.3) is 0 Å². The van der Waals surface area contributed by atoms with Crippen LogP contribution in [-0.2, 0) is 0 Å². The van der Waals surface area contributed by atoms with Crippen molar-refractivity contribution >= 4 is 174 Å². The minimum Gasteiger partial charge on any atom is -0.456 e. The number of para-hydroxylation sites is 3. The molecule has 0 atom stereocenters. The molecule has 0 fully saturated rings. The molecular weight excluding hydrogens is 1680 g/mol. The van der Waals surface area contributed by atoms with Gasteiger partial charge in [-0.05, 0) is 286 Å². The summed E-state index contributed by atoms with van der Waals surface area (Å²) in [7, 11) is 0. The molecule has 3 heteroatoms. The molecule has 139 heavy (non-hydrogen) atoms. The first kappa shape index (κ1) is 59.4. The van der Waals surface area contributed by atoms with Crippen LogP contribution in [0.5, 0.6) is 0 Å². The summed E-state index contributed by atoms with van der Waals surface area (Å²) in [5.41, 5.74) is 16.7. The lowest BCUT2D eigenvalue weighted by Gasteiger charge is -2.20. The van der Waals surface area contributed by atoms with Crippen LogP contribution >= 0.6 is 0 Å². The lowest BCUT2D eigenvalue weighted by molar-refractivity contribution is 0.668. The number of hydrogen-bond donors (Lipinski definition) is 0. The zero-order valence-electron chi connectivity index (χ0n) is 97.9. The van der Waals surface area contributed by atoms with Crippen LogP contribution in [0.25, 0.3) is 285 Å². The molecule has 646 valence electrons. The third kappa shape index (κ3) is 13.6. The van der Waals surface area contributed by atoms with Gasteiger partial charge in [0.05, 0.1) is 32.9 Å². The van der Waals surface area contributed by atoms with Gasteiger partial charge in [0.1, 0.15) is 33.5 Å². The van der Waals surface area contributed by atoms with E-state index in [1.807, 2.05) is 261 Å². The van der Waals surface area contributed by atoms with Crippen molar-refractivity contribution in [1.82, 2.24) is 0 Å². The standard InChI is InChI=1S/2C46H28O.C44H28O/c1-2-12-34-29(10-1)20-23-31-11-9-18-35(44(31)34)30-21-24-32(25-22-30)45-37-14-3-5-16-39(37)46(40-17-6-4-15-38(40)45)33-26-27-43-41(28-33)36-13-7-8-19-42(36)47-43;1-2-12-30-27-31(22-21-29(30)11-1)33-24-25-41(35-14-4-3-13-34(33)35)46-39-18-7-5-16-37(39)45(38-17-6-8-19-40(38)46)32-23-26-44-42(28-32)36-15-9-10-20-43(36)47-44;1-3-13-29(14-4-1)33-25-23-31(27-39(33)30-15-5-2-6-16-30)43-35-18-7-9-20-37(35)44(38-21-10-8-19-36(38)43)32-24-26-42-40(28-32)34-17-11-12-22-41(34)45-42/h2*1-28H;1-28H/i3D,4D,5D,6D,14D,15D,16D,17D;5D,6D,7D,8D,16D,17D,18D,19D;7D,8D,9D,10D,18D,19D,20D,21D. The van der Waals surface area contributed by atoms with E-state index in [0.717, 1.165) is 120 Å². The van der Waals surface area contributed by atoms with Gasteiger partial charge in [-0.1, -0.05) is 442 Å². The quantitative estimate of drug-likeness (QED) is 0.101. The maximum atomic E-state index is 9.45. The number of hydrogen-bond acceptors (Lipinski definition) is 3. The van der Waals surface area contributed by atoms with E-state index in [2.05, 4.69) is 66.7 Å². The fourth-order valence-corrected chi connectivity index (χ4v) is 20.9. The summed E-state index contributed by atoms with van der Waals surface area (Å²) in [6.45, 7) is 0. The SMILES string of the molecule is [2H]c1c([2H])c([2H])c2c(-c3ccc(-c4ccc5ccccc5c4)c4ccccc34)c3c([2H])c([2H])c([2H])c([2H])c3c(-c3ccc4oc5ccccc5c4c3)c2c1[2H].[2H]c1c([2H])c([2H])c2c(-c3ccc4oc5ccccc5c4c3)c3c([2H])c([2H])c([2H])c([2H])c3c(-c3ccc(-c4cccc5ccc6ccccc6c45)cc3)c2c1[2H].[2H]c1c([2H])c([2H])c2c(-c3ccc4oc5ccccc5c4c3)c3c([2H])c([2H])c([2H])c([2H])c3c(-c3ccc(-c4ccccc4)c(-c4ccccc4)c3)c2c1[2H]. The first-order valence-electron chi connectivity index (χ1n) is 57.8. The highest BCUT2D eigenvalue weighted by Crippen LogP contribution is 2.53. The summed E-state index contributed by atoms with van der Waals surface area (Å²) in [6.07, 6.45) is 0. The van der Waals surface area contributed by atoms with Crippen LogP contribution in [0.2, 0.25) is 0 Å². The molecule has 0 saturated heterocycles. The lowest BCUT2D eigenvalue weighted by atomic mass is 9.83. The summed E-state index contributed by atoms with van der Waals surface area (Å²) in [5.74, 6) is 0. The van der Waals surface area contributed by atoms with Crippen LogP contribution in [0.3, 0.4) is 0 Å². The van der Waals surface area contributed by atoms with Crippen molar-refractivity contribution < 1.29 is 46.1 Å². The average molecular weight is 1790 g/mol. The Balaban J connectivity index is 0.000000117. The molecule has 0 aliphatic carbocycles. The number of rotatable bonds is 10. The number of fused-ring (bicyclic) bond motifs is 20. The summed E-state index contributed by atoms with van der Waals surface area (Å²) in [4.78, 5) is 0. The molecule has 0 aliphatic heterocycles. The third-order valence-electron chi connectivity index (χ3n) is 27.1. The fraction of sp³-hybridized carbons (Fsp3) is 0. The monoisotopic (exact) mass is 1790 g/mol. The van der Waals surface area contributed by atoms with Crippen LogP contribution in [0.15, 0.2) is 522 Å². The first-order valence-corrected chi connectivity index (χ1v) is 45.8. The molecule has 26 aromatic carbocycles. The summed E-state index contributed by atoms with van der Waals surface area (Å²) in [5, 5.41) is 15.3. The molecule has 0 saturated carbocycles. The van der Waals surface area contributed by atoms with Crippen molar-refractivity contribution in [2.45, 2.75) is 0 Å². The Labute approximate surface area is 835 Å².